The second-order valence-corrected chi connectivity index (χ2v) is 4.72. The first-order valence-electron chi connectivity index (χ1n) is 5.53. The Morgan fingerprint density at radius 1 is 1.65 bits per heavy atom. The number of nitrogens with zero attached hydrogens (tertiary/aromatic N) is 4. The summed E-state index contributed by atoms with van der Waals surface area (Å²) in [6.45, 7) is 5.89. The third-order valence-electron chi connectivity index (χ3n) is 2.63. The van der Waals surface area contributed by atoms with Crippen molar-refractivity contribution < 1.29 is 9.53 Å². The molecule has 1 aromatic heterocycles. The molecule has 94 valence electrons. The Morgan fingerprint density at radius 3 is 3.00 bits per heavy atom. The first kappa shape index (κ1) is 11.8. The lowest BCUT2D eigenvalue weighted by atomic mass is 10.1. The van der Waals surface area contributed by atoms with Gasteiger partial charge in [0, 0.05) is 13.1 Å². The maximum Gasteiger partial charge on any atom is 0.244 e. The van der Waals surface area contributed by atoms with Crippen LogP contribution in [-0.4, -0.2) is 50.9 Å². The molecule has 0 spiro atoms. The molecule has 0 aromatic carbocycles. The molecule has 7 heteroatoms. The van der Waals surface area contributed by atoms with Crippen molar-refractivity contribution in [2.45, 2.75) is 26.0 Å². The lowest BCUT2D eigenvalue weighted by molar-refractivity contribution is -0.146. The first-order chi connectivity index (χ1) is 7.96. The molecule has 0 saturated carbocycles. The number of hydrogen-bond acceptors (Lipinski definition) is 5. The minimum Gasteiger partial charge on any atom is -0.372 e. The summed E-state index contributed by atoms with van der Waals surface area (Å²) in [5, 5.41) is 3.89. The molecule has 0 bridgehead atoms. The van der Waals surface area contributed by atoms with Crippen LogP contribution in [0.2, 0.25) is 0 Å². The molecule has 2 N–H and O–H groups in total. The zero-order valence-electron chi connectivity index (χ0n) is 10.1. The van der Waals surface area contributed by atoms with Crippen molar-refractivity contribution in [3.63, 3.8) is 0 Å². The number of nitrogen functional groups attached to an aromatic ring is 1. The summed E-state index contributed by atoms with van der Waals surface area (Å²) >= 11 is 0. The quantitative estimate of drug-likeness (QED) is 0.751. The summed E-state index contributed by atoms with van der Waals surface area (Å²) in [6.07, 6.45) is 1.46. The molecule has 0 atom stereocenters. The van der Waals surface area contributed by atoms with Crippen molar-refractivity contribution in [2.75, 3.05) is 25.4 Å². The number of morpholine rings is 1. The molecule has 0 unspecified atom stereocenters. The summed E-state index contributed by atoms with van der Waals surface area (Å²) in [5.74, 6) is 0.186. The van der Waals surface area contributed by atoms with Crippen LogP contribution >= 0.6 is 0 Å². The predicted octanol–water partition coefficient (Wildman–Crippen LogP) is -0.502. The number of aromatic nitrogens is 3. The van der Waals surface area contributed by atoms with Crippen LogP contribution in [0.1, 0.15) is 13.8 Å². The van der Waals surface area contributed by atoms with E-state index in [2.05, 4.69) is 10.1 Å². The monoisotopic (exact) mass is 239 g/mol. The molecular weight excluding hydrogens is 222 g/mol. The van der Waals surface area contributed by atoms with Gasteiger partial charge >= 0.3 is 0 Å². The van der Waals surface area contributed by atoms with Crippen LogP contribution in [0.3, 0.4) is 0 Å². The number of amides is 1. The van der Waals surface area contributed by atoms with E-state index in [1.54, 1.807) is 4.90 Å². The standard InChI is InChI=1S/C10H17N5O2/c1-10(2)6-14(3-4-17-10)8(16)5-15-7-12-9(11)13-15/h7H,3-6H2,1-2H3,(H2,11,13). The smallest absolute Gasteiger partial charge is 0.244 e. The molecule has 1 aliphatic heterocycles. The van der Waals surface area contributed by atoms with Gasteiger partial charge in [0.25, 0.3) is 0 Å². The van der Waals surface area contributed by atoms with Crippen molar-refractivity contribution in [1.29, 1.82) is 0 Å². The van der Waals surface area contributed by atoms with Gasteiger partial charge in [-0.15, -0.1) is 5.10 Å². The van der Waals surface area contributed by atoms with Gasteiger partial charge in [0.2, 0.25) is 11.9 Å². The van der Waals surface area contributed by atoms with E-state index < -0.39 is 0 Å². The molecule has 2 heterocycles. The molecule has 1 aliphatic rings. The van der Waals surface area contributed by atoms with Gasteiger partial charge in [0.1, 0.15) is 12.9 Å². The van der Waals surface area contributed by atoms with Crippen molar-refractivity contribution in [1.82, 2.24) is 19.7 Å². The third-order valence-corrected chi connectivity index (χ3v) is 2.63. The maximum absolute atomic E-state index is 12.0. The van der Waals surface area contributed by atoms with Gasteiger partial charge < -0.3 is 15.4 Å². The van der Waals surface area contributed by atoms with E-state index in [0.717, 1.165) is 0 Å². The van der Waals surface area contributed by atoms with E-state index >= 15 is 0 Å². The Balaban J connectivity index is 1.96. The van der Waals surface area contributed by atoms with Crippen LogP contribution in [0, 0.1) is 0 Å². The SMILES string of the molecule is CC1(C)CN(C(=O)Cn2cnc(N)n2)CCO1. The average Bonchev–Trinajstić information content (AvgIpc) is 2.62. The van der Waals surface area contributed by atoms with Gasteiger partial charge in [-0.2, -0.15) is 0 Å². The lowest BCUT2D eigenvalue weighted by Crippen LogP contribution is -2.51. The molecule has 7 nitrogen and oxygen atoms in total. The van der Waals surface area contributed by atoms with E-state index in [0.29, 0.717) is 19.7 Å². The molecule has 2 rings (SSSR count). The van der Waals surface area contributed by atoms with Crippen LogP contribution in [-0.2, 0) is 16.1 Å². The van der Waals surface area contributed by atoms with Crippen molar-refractivity contribution in [3.05, 3.63) is 6.33 Å². The third kappa shape index (κ3) is 2.94. The van der Waals surface area contributed by atoms with E-state index in [4.69, 9.17) is 10.5 Å². The fourth-order valence-electron chi connectivity index (χ4n) is 1.85. The number of carbonyl (C=O) groups excluding carboxylic acids is 1. The van der Waals surface area contributed by atoms with Crippen LogP contribution in [0.5, 0.6) is 0 Å². The minimum absolute atomic E-state index is 0.00581. The Morgan fingerprint density at radius 2 is 2.41 bits per heavy atom. The highest BCUT2D eigenvalue weighted by atomic mass is 16.5. The second kappa shape index (κ2) is 4.33. The summed E-state index contributed by atoms with van der Waals surface area (Å²) in [6, 6.07) is 0. The van der Waals surface area contributed by atoms with Gasteiger partial charge in [0.15, 0.2) is 0 Å². The predicted molar refractivity (Wildman–Crippen MR) is 61.0 cm³/mol. The maximum atomic E-state index is 12.0. The van der Waals surface area contributed by atoms with Crippen LogP contribution in [0.4, 0.5) is 5.95 Å². The molecule has 0 radical (unpaired) electrons. The van der Waals surface area contributed by atoms with E-state index in [1.807, 2.05) is 13.8 Å². The van der Waals surface area contributed by atoms with E-state index in [9.17, 15) is 4.79 Å². The molecule has 17 heavy (non-hydrogen) atoms. The first-order valence-corrected chi connectivity index (χ1v) is 5.53. The van der Waals surface area contributed by atoms with Gasteiger partial charge in [-0.3, -0.25) is 4.79 Å². The fraction of sp³-hybridized carbons (Fsp3) is 0.700. The zero-order chi connectivity index (χ0) is 12.5. The number of rotatable bonds is 2. The summed E-state index contributed by atoms with van der Waals surface area (Å²) in [5.41, 5.74) is 5.11. The normalized spacial score (nSPS) is 19.3. The van der Waals surface area contributed by atoms with Gasteiger partial charge in [-0.05, 0) is 13.8 Å². The summed E-state index contributed by atoms with van der Waals surface area (Å²) in [4.78, 5) is 17.6. The average molecular weight is 239 g/mol. The minimum atomic E-state index is -0.282. The fourth-order valence-corrected chi connectivity index (χ4v) is 1.85. The van der Waals surface area contributed by atoms with Crippen LogP contribution in [0.15, 0.2) is 6.33 Å². The summed E-state index contributed by atoms with van der Waals surface area (Å²) in [7, 11) is 0. The number of ether oxygens (including phenoxy) is 1. The van der Waals surface area contributed by atoms with Crippen LogP contribution in [0.25, 0.3) is 0 Å². The number of nitrogens with two attached hydrogens (primary N) is 1. The Bertz CT molecular complexity index is 415. The van der Waals surface area contributed by atoms with Gasteiger partial charge in [-0.25, -0.2) is 9.67 Å². The molecule has 1 aromatic rings. The number of anilines is 1. The molecule has 0 aliphatic carbocycles. The van der Waals surface area contributed by atoms with Crippen molar-refractivity contribution in [3.8, 4) is 0 Å². The van der Waals surface area contributed by atoms with Crippen molar-refractivity contribution >= 4 is 11.9 Å². The molecular formula is C10H17N5O2. The molecule has 1 fully saturated rings. The Hall–Kier alpha value is -1.63. The van der Waals surface area contributed by atoms with E-state index in [1.165, 1.54) is 11.0 Å². The highest BCUT2D eigenvalue weighted by Gasteiger charge is 2.29. The Labute approximate surface area is 99.5 Å². The number of carbonyl (C=O) groups is 1. The largest absolute Gasteiger partial charge is 0.372 e. The molecule has 1 saturated heterocycles. The topological polar surface area (TPSA) is 86.3 Å². The number of hydrogen-bond donors (Lipinski definition) is 1. The van der Waals surface area contributed by atoms with E-state index in [-0.39, 0.29) is 24.0 Å². The lowest BCUT2D eigenvalue weighted by Gasteiger charge is -2.38. The Kier molecular flexibility index (Phi) is 3.01. The van der Waals surface area contributed by atoms with Gasteiger partial charge in [-0.1, -0.05) is 0 Å². The second-order valence-electron chi connectivity index (χ2n) is 4.72. The van der Waals surface area contributed by atoms with Crippen LogP contribution < -0.4 is 5.73 Å². The highest BCUT2D eigenvalue weighted by molar-refractivity contribution is 5.76. The van der Waals surface area contributed by atoms with Gasteiger partial charge in [0.05, 0.1) is 12.2 Å². The summed E-state index contributed by atoms with van der Waals surface area (Å²) < 4.78 is 7.00. The van der Waals surface area contributed by atoms with Crippen molar-refractivity contribution in [2.24, 2.45) is 0 Å². The highest BCUT2D eigenvalue weighted by Crippen LogP contribution is 2.16. The molecule has 1 amide bonds. The zero-order valence-corrected chi connectivity index (χ0v) is 10.1.